The number of nitrogens with zero attached hydrogens (tertiary/aromatic N) is 2. The number of halogens is 1. The van der Waals surface area contributed by atoms with Crippen LogP contribution in [0.25, 0.3) is 0 Å². The molecule has 1 heterocycles. The van der Waals surface area contributed by atoms with E-state index in [9.17, 15) is 5.11 Å². The molecule has 1 atom stereocenters. The molecule has 260 valence electrons. The lowest BCUT2D eigenvalue weighted by Crippen LogP contribution is -3.00. The lowest BCUT2D eigenvalue weighted by atomic mass is 10.0. The molecule has 1 unspecified atom stereocenters. The van der Waals surface area contributed by atoms with Gasteiger partial charge in [-0.2, -0.15) is 0 Å². The summed E-state index contributed by atoms with van der Waals surface area (Å²) in [6.45, 7) is 7.43. The number of hydrogen-bond acceptors (Lipinski definition) is 2. The van der Waals surface area contributed by atoms with Crippen LogP contribution in [0.4, 0.5) is 0 Å². The minimum absolute atomic E-state index is 0. The van der Waals surface area contributed by atoms with Crippen LogP contribution >= 0.6 is 0 Å². The number of aliphatic imine (C=N–C) groups is 1. The first-order valence-corrected chi connectivity index (χ1v) is 19.7. The van der Waals surface area contributed by atoms with E-state index in [0.717, 1.165) is 42.8 Å². The Morgan fingerprint density at radius 1 is 0.545 bits per heavy atom. The number of aliphatic hydroxyl groups excluding tert-OH is 1. The van der Waals surface area contributed by atoms with Crippen molar-refractivity contribution in [3.05, 3.63) is 24.4 Å². The molecule has 0 saturated heterocycles. The molecule has 0 fully saturated rings. The predicted molar refractivity (Wildman–Crippen MR) is 193 cm³/mol. The number of allylic oxidation sites excluding steroid dienone is 2. The van der Waals surface area contributed by atoms with Crippen molar-refractivity contribution in [2.75, 3.05) is 26.2 Å². The van der Waals surface area contributed by atoms with E-state index in [2.05, 4.69) is 38.3 Å². The Morgan fingerprint density at radius 3 is 1.30 bits per heavy atom. The molecule has 3 nitrogen and oxygen atoms in total. The van der Waals surface area contributed by atoms with Crippen LogP contribution in [0.5, 0.6) is 0 Å². The lowest BCUT2D eigenvalue weighted by molar-refractivity contribution is -0.781. The van der Waals surface area contributed by atoms with Gasteiger partial charge in [-0.3, -0.25) is 0 Å². The van der Waals surface area contributed by atoms with Crippen LogP contribution in [0.15, 0.2) is 29.4 Å². The Labute approximate surface area is 282 Å². The number of rotatable bonds is 33. The van der Waals surface area contributed by atoms with Gasteiger partial charge in [0.2, 0.25) is 5.84 Å². The van der Waals surface area contributed by atoms with E-state index < -0.39 is 0 Å². The molecule has 0 amide bonds. The molecule has 1 aliphatic rings. The fourth-order valence-electron chi connectivity index (χ4n) is 6.63. The van der Waals surface area contributed by atoms with Gasteiger partial charge in [-0.05, 0) is 31.8 Å². The van der Waals surface area contributed by atoms with E-state index in [-0.39, 0.29) is 19.0 Å². The molecule has 0 aromatic heterocycles. The summed E-state index contributed by atoms with van der Waals surface area (Å²) in [5, 5.41) is 9.82. The quantitative estimate of drug-likeness (QED) is 0.0564. The molecule has 0 aromatic carbocycles. The zero-order chi connectivity index (χ0) is 30.9. The van der Waals surface area contributed by atoms with Crippen molar-refractivity contribution in [3.8, 4) is 0 Å². The highest BCUT2D eigenvalue weighted by Crippen LogP contribution is 2.20. The highest BCUT2D eigenvalue weighted by Gasteiger charge is 2.34. The van der Waals surface area contributed by atoms with Crippen LogP contribution in [0.3, 0.4) is 0 Å². The minimum atomic E-state index is 0. The van der Waals surface area contributed by atoms with Gasteiger partial charge in [0.15, 0.2) is 0 Å². The smallest absolute Gasteiger partial charge is 0.227 e. The molecule has 44 heavy (non-hydrogen) atoms. The maximum absolute atomic E-state index is 9.82. The van der Waals surface area contributed by atoms with E-state index in [1.165, 1.54) is 173 Å². The van der Waals surface area contributed by atoms with Crippen molar-refractivity contribution in [2.24, 2.45) is 4.99 Å². The van der Waals surface area contributed by atoms with Crippen LogP contribution < -0.4 is 12.4 Å². The van der Waals surface area contributed by atoms with Crippen molar-refractivity contribution >= 4 is 5.84 Å². The fourth-order valence-corrected chi connectivity index (χ4v) is 6.63. The Balaban J connectivity index is 0.0000185. The molecular formula is C40H77ClN2O. The van der Waals surface area contributed by atoms with Crippen molar-refractivity contribution in [1.82, 2.24) is 0 Å². The molecule has 1 N–H and O–H groups in total. The van der Waals surface area contributed by atoms with Crippen molar-refractivity contribution < 1.29 is 22.0 Å². The molecule has 4 heteroatoms. The number of aliphatic hydroxyl groups is 1. The first kappa shape index (κ1) is 43.4. The summed E-state index contributed by atoms with van der Waals surface area (Å²) in [6, 6.07) is 0. The van der Waals surface area contributed by atoms with Crippen LogP contribution in [0.1, 0.15) is 200 Å². The average Bonchev–Trinajstić information content (AvgIpc) is 3.41. The number of hydrogen-bond donors (Lipinski definition) is 1. The molecule has 1 rings (SSSR count). The summed E-state index contributed by atoms with van der Waals surface area (Å²) < 4.78 is 0.740. The fraction of sp³-hybridized carbons (Fsp3) is 0.875. The molecule has 0 spiro atoms. The Bertz CT molecular complexity index is 676. The minimum Gasteiger partial charge on any atom is -1.00 e. The van der Waals surface area contributed by atoms with E-state index in [1.54, 1.807) is 0 Å². The first-order valence-electron chi connectivity index (χ1n) is 19.7. The van der Waals surface area contributed by atoms with E-state index in [4.69, 9.17) is 4.99 Å². The van der Waals surface area contributed by atoms with Gasteiger partial charge < -0.3 is 17.5 Å². The lowest BCUT2D eigenvalue weighted by Gasteiger charge is -2.28. The first-order chi connectivity index (χ1) is 21.3. The van der Waals surface area contributed by atoms with Crippen LogP contribution in [-0.4, -0.2) is 41.7 Å². The zero-order valence-electron chi connectivity index (χ0n) is 29.9. The van der Waals surface area contributed by atoms with Crippen molar-refractivity contribution in [3.63, 3.8) is 0 Å². The molecule has 0 radical (unpaired) electrons. The topological polar surface area (TPSA) is 32.6 Å². The highest BCUT2D eigenvalue weighted by atomic mass is 35.5. The van der Waals surface area contributed by atoms with Gasteiger partial charge in [-0.25, -0.2) is 9.48 Å². The third kappa shape index (κ3) is 24.6. The van der Waals surface area contributed by atoms with Crippen molar-refractivity contribution in [2.45, 2.75) is 200 Å². The van der Waals surface area contributed by atoms with Gasteiger partial charge in [-0.1, -0.05) is 180 Å². The Hall–Kier alpha value is -0.640. The normalized spacial score (nSPS) is 16.8. The molecule has 0 aromatic rings. The van der Waals surface area contributed by atoms with Crippen molar-refractivity contribution in [1.29, 1.82) is 0 Å². The number of unbranched alkanes of at least 4 members (excludes halogenated alkanes) is 27. The van der Waals surface area contributed by atoms with E-state index in [1.807, 2.05) is 0 Å². The maximum atomic E-state index is 9.82. The molecule has 0 bridgehead atoms. The summed E-state index contributed by atoms with van der Waals surface area (Å²) in [6.07, 6.45) is 49.7. The van der Waals surface area contributed by atoms with Gasteiger partial charge in [0.05, 0.1) is 19.4 Å². The van der Waals surface area contributed by atoms with Gasteiger partial charge in [0, 0.05) is 6.08 Å². The predicted octanol–water partition coefficient (Wildman–Crippen LogP) is 9.63. The van der Waals surface area contributed by atoms with Gasteiger partial charge in [0.1, 0.15) is 13.1 Å². The summed E-state index contributed by atoms with van der Waals surface area (Å²) in [5.41, 5.74) is 0. The van der Waals surface area contributed by atoms with Gasteiger partial charge in [0.25, 0.3) is 0 Å². The second-order valence-corrected chi connectivity index (χ2v) is 13.6. The Morgan fingerprint density at radius 2 is 0.909 bits per heavy atom. The number of quaternary nitrogens is 1. The monoisotopic (exact) mass is 637 g/mol. The summed E-state index contributed by atoms with van der Waals surface area (Å²) in [5.74, 6) is 1.15. The highest BCUT2D eigenvalue weighted by molar-refractivity contribution is 5.88. The third-order valence-electron chi connectivity index (χ3n) is 9.58. The second-order valence-electron chi connectivity index (χ2n) is 13.6. The summed E-state index contributed by atoms with van der Waals surface area (Å²) >= 11 is 0. The standard InChI is InChI=1S/C40H77N2O.ClH/c1-3-5-7-9-11-13-15-17-19-21-23-25-27-29-31-33-36-42(38-39-43)37-35-41-40(42)34-32-30-28-26-24-22-20-18-16-14-12-10-8-6-4-2;/h32-34,36,43H,3-31,35,37-39H2,1-2H3;1H/q+1;/p-1. The van der Waals surface area contributed by atoms with Gasteiger partial charge in [-0.15, -0.1) is 0 Å². The molecule has 1 aliphatic heterocycles. The largest absolute Gasteiger partial charge is 1.00 e. The summed E-state index contributed by atoms with van der Waals surface area (Å²) in [4.78, 5) is 4.84. The zero-order valence-corrected chi connectivity index (χ0v) is 30.6. The SMILES string of the molecule is CCCCCCCCCCCCCCCC=CC1=NCC[N+]1(C=CCCCCCCCCCCCCCCCC)CCO.[Cl-]. The van der Waals surface area contributed by atoms with E-state index in [0.29, 0.717) is 0 Å². The van der Waals surface area contributed by atoms with E-state index >= 15 is 0 Å². The third-order valence-corrected chi connectivity index (χ3v) is 9.58. The number of amidine groups is 1. The van der Waals surface area contributed by atoms with Crippen LogP contribution in [0, 0.1) is 0 Å². The summed E-state index contributed by atoms with van der Waals surface area (Å²) in [7, 11) is 0. The maximum Gasteiger partial charge on any atom is 0.227 e. The Kier molecular flexibility index (Phi) is 33.2. The second kappa shape index (κ2) is 33.7. The molecular weight excluding hydrogens is 560 g/mol. The molecule has 0 saturated carbocycles. The van der Waals surface area contributed by atoms with Crippen LogP contribution in [0.2, 0.25) is 0 Å². The van der Waals surface area contributed by atoms with Gasteiger partial charge >= 0.3 is 0 Å². The molecule has 0 aliphatic carbocycles. The average molecular weight is 638 g/mol. The van der Waals surface area contributed by atoms with Crippen LogP contribution in [-0.2, 0) is 0 Å².